The number of hydrogen-bond donors (Lipinski definition) is 3. The quantitative estimate of drug-likeness (QED) is 0.554. The van der Waals surface area contributed by atoms with Crippen LogP contribution in [0.5, 0.6) is 0 Å². The van der Waals surface area contributed by atoms with Crippen LogP contribution >= 0.6 is 22.6 Å². The van der Waals surface area contributed by atoms with Crippen molar-refractivity contribution in [3.8, 4) is 0 Å². The number of anilines is 1. The van der Waals surface area contributed by atoms with Crippen molar-refractivity contribution < 1.29 is 24.4 Å². The van der Waals surface area contributed by atoms with Crippen molar-refractivity contribution in [2.24, 2.45) is 0 Å². The van der Waals surface area contributed by atoms with Crippen LogP contribution in [0.4, 0.5) is 5.82 Å². The summed E-state index contributed by atoms with van der Waals surface area (Å²) in [6.45, 7) is 3.58. The second-order valence-electron chi connectivity index (χ2n) is 6.15. The van der Waals surface area contributed by atoms with Gasteiger partial charge in [-0.2, -0.15) is 0 Å². The van der Waals surface area contributed by atoms with Gasteiger partial charge in [-0.05, 0) is 36.4 Å². The average molecular weight is 464 g/mol. The Morgan fingerprint density at radius 1 is 1.28 bits per heavy atom. The van der Waals surface area contributed by atoms with E-state index < -0.39 is 18.1 Å². The van der Waals surface area contributed by atoms with Crippen LogP contribution in [0.3, 0.4) is 0 Å². The van der Waals surface area contributed by atoms with Crippen LogP contribution in [0, 0.1) is 3.57 Å². The van der Waals surface area contributed by atoms with Gasteiger partial charge in [0.15, 0.2) is 12.0 Å². The van der Waals surface area contributed by atoms with Crippen molar-refractivity contribution in [3.63, 3.8) is 0 Å². The second-order valence-corrected chi connectivity index (χ2v) is 7.32. The Labute approximate surface area is 158 Å². The minimum Gasteiger partial charge on any atom is -0.400 e. The summed E-state index contributed by atoms with van der Waals surface area (Å²) in [5, 5.41) is 17.4. The molecule has 2 aliphatic heterocycles. The standard InChI is InChI=1S/C14H17IN4O4.CH4O/c1-14(2)22-9-7(4-20)21-13(10(9)23-14)19-3-6(15)8-11(16)17-5-18-12(8)19;1-2/h3,5,7,9-10,13,20H,4H2,1-2H3,(H2,16,17,18);2H,1H3/t7-,9-,10-,13-;/m1./s1. The maximum Gasteiger partial charge on any atom is 0.164 e. The fourth-order valence-corrected chi connectivity index (χ4v) is 4.10. The van der Waals surface area contributed by atoms with Crippen molar-refractivity contribution in [1.29, 1.82) is 0 Å². The zero-order chi connectivity index (χ0) is 18.4. The van der Waals surface area contributed by atoms with Gasteiger partial charge in [-0.1, -0.05) is 0 Å². The summed E-state index contributed by atoms with van der Waals surface area (Å²) in [7, 11) is 1.00. The van der Waals surface area contributed by atoms with Gasteiger partial charge in [0.2, 0.25) is 0 Å². The highest BCUT2D eigenvalue weighted by molar-refractivity contribution is 14.1. The van der Waals surface area contributed by atoms with Crippen molar-refractivity contribution in [2.75, 3.05) is 19.5 Å². The third-order valence-corrected chi connectivity index (χ3v) is 4.99. The van der Waals surface area contributed by atoms with Crippen LogP contribution in [0.15, 0.2) is 12.5 Å². The number of ether oxygens (including phenoxy) is 3. The fraction of sp³-hybridized carbons (Fsp3) is 0.600. The van der Waals surface area contributed by atoms with E-state index in [1.807, 2.05) is 24.6 Å². The number of rotatable bonds is 2. The molecule has 0 amide bonds. The molecule has 0 unspecified atom stereocenters. The van der Waals surface area contributed by atoms with Gasteiger partial charge in [0.05, 0.1) is 12.0 Å². The summed E-state index contributed by atoms with van der Waals surface area (Å²) in [5.41, 5.74) is 6.64. The van der Waals surface area contributed by atoms with Crippen molar-refractivity contribution in [3.05, 3.63) is 16.1 Å². The summed E-state index contributed by atoms with van der Waals surface area (Å²) in [4.78, 5) is 8.38. The first-order chi connectivity index (χ1) is 11.9. The number of hydrogen-bond acceptors (Lipinski definition) is 8. The number of aromatic nitrogens is 3. The van der Waals surface area contributed by atoms with Crippen LogP contribution in [0.25, 0.3) is 11.0 Å². The summed E-state index contributed by atoms with van der Waals surface area (Å²) in [5.74, 6) is -0.287. The molecule has 9 nitrogen and oxygen atoms in total. The molecule has 138 valence electrons. The van der Waals surface area contributed by atoms with E-state index in [-0.39, 0.29) is 18.8 Å². The Balaban J connectivity index is 0.000000880. The molecule has 0 radical (unpaired) electrons. The molecule has 4 atom stereocenters. The lowest BCUT2D eigenvalue weighted by atomic mass is 10.1. The highest BCUT2D eigenvalue weighted by Gasteiger charge is 2.55. The number of aliphatic hydroxyl groups is 2. The summed E-state index contributed by atoms with van der Waals surface area (Å²) < 4.78 is 20.7. The van der Waals surface area contributed by atoms with E-state index in [1.165, 1.54) is 6.33 Å². The zero-order valence-corrected chi connectivity index (χ0v) is 16.2. The van der Waals surface area contributed by atoms with Gasteiger partial charge >= 0.3 is 0 Å². The molecule has 0 bridgehead atoms. The molecule has 10 heteroatoms. The molecular weight excluding hydrogens is 443 g/mol. The van der Waals surface area contributed by atoms with E-state index >= 15 is 0 Å². The molecule has 0 aliphatic carbocycles. The number of nitrogens with zero attached hydrogens (tertiary/aromatic N) is 3. The highest BCUT2D eigenvalue weighted by Crippen LogP contribution is 2.44. The Bertz CT molecular complexity index is 768. The lowest BCUT2D eigenvalue weighted by Gasteiger charge is -2.24. The first-order valence-corrected chi connectivity index (χ1v) is 8.82. The molecular formula is C15H21IN4O5. The first kappa shape index (κ1) is 18.7. The predicted molar refractivity (Wildman–Crippen MR) is 97.6 cm³/mol. The average Bonchev–Trinajstić information content (AvgIpc) is 3.18. The lowest BCUT2D eigenvalue weighted by molar-refractivity contribution is -0.199. The fourth-order valence-electron chi connectivity index (χ4n) is 3.29. The molecule has 0 spiro atoms. The van der Waals surface area contributed by atoms with E-state index in [0.29, 0.717) is 11.5 Å². The molecule has 0 aromatic carbocycles. The molecule has 2 aromatic rings. The van der Waals surface area contributed by atoms with Crippen LogP contribution in [0.2, 0.25) is 0 Å². The molecule has 2 saturated heterocycles. The Hall–Kier alpha value is -1.05. The minimum atomic E-state index is -0.713. The second kappa shape index (κ2) is 6.93. The Morgan fingerprint density at radius 2 is 1.96 bits per heavy atom. The molecule has 25 heavy (non-hydrogen) atoms. The summed E-state index contributed by atoms with van der Waals surface area (Å²) in [6.07, 6.45) is 1.79. The predicted octanol–water partition coefficient (Wildman–Crippen LogP) is 0.636. The normalized spacial score (nSPS) is 30.2. The van der Waals surface area contributed by atoms with Crippen molar-refractivity contribution in [2.45, 2.75) is 44.2 Å². The number of nitrogen functional groups attached to an aromatic ring is 1. The number of aliphatic hydroxyl groups excluding tert-OH is 2. The monoisotopic (exact) mass is 464 g/mol. The summed E-state index contributed by atoms with van der Waals surface area (Å²) in [6, 6.07) is 0. The van der Waals surface area contributed by atoms with Gasteiger partial charge in [-0.25, -0.2) is 9.97 Å². The van der Waals surface area contributed by atoms with Crippen LogP contribution in [0.1, 0.15) is 20.1 Å². The molecule has 2 fully saturated rings. The van der Waals surface area contributed by atoms with Gasteiger partial charge < -0.3 is 34.7 Å². The van der Waals surface area contributed by atoms with E-state index in [4.69, 9.17) is 25.1 Å². The van der Waals surface area contributed by atoms with E-state index in [1.54, 1.807) is 0 Å². The Kier molecular flexibility index (Phi) is 5.19. The SMILES string of the molecule is CC1(C)O[C@@H]2[C@H](O1)[C@@H](CO)O[C@H]2n1cc(I)c2c(N)ncnc21.CO. The number of halogens is 1. The molecule has 2 aliphatic rings. The van der Waals surface area contributed by atoms with Crippen LogP contribution < -0.4 is 5.73 Å². The Morgan fingerprint density at radius 3 is 2.64 bits per heavy atom. The number of fused-ring (bicyclic) bond motifs is 2. The maximum atomic E-state index is 9.59. The smallest absolute Gasteiger partial charge is 0.164 e. The van der Waals surface area contributed by atoms with E-state index in [2.05, 4.69) is 32.6 Å². The third-order valence-electron chi connectivity index (χ3n) is 4.17. The topological polar surface area (TPSA) is 125 Å². The van der Waals surface area contributed by atoms with Gasteiger partial charge in [-0.15, -0.1) is 0 Å². The van der Waals surface area contributed by atoms with Crippen molar-refractivity contribution >= 4 is 39.4 Å². The molecule has 4 N–H and O–H groups in total. The van der Waals surface area contributed by atoms with E-state index in [9.17, 15) is 5.11 Å². The molecule has 4 rings (SSSR count). The van der Waals surface area contributed by atoms with Crippen LogP contribution in [-0.4, -0.2) is 62.6 Å². The van der Waals surface area contributed by atoms with Crippen LogP contribution in [-0.2, 0) is 14.2 Å². The van der Waals surface area contributed by atoms with Gasteiger partial charge in [0.25, 0.3) is 0 Å². The maximum absolute atomic E-state index is 9.59. The number of nitrogens with two attached hydrogens (primary N) is 1. The molecule has 0 saturated carbocycles. The van der Waals surface area contributed by atoms with Crippen molar-refractivity contribution in [1.82, 2.24) is 14.5 Å². The molecule has 2 aromatic heterocycles. The first-order valence-electron chi connectivity index (χ1n) is 7.74. The molecule has 4 heterocycles. The highest BCUT2D eigenvalue weighted by atomic mass is 127. The third kappa shape index (κ3) is 3.11. The van der Waals surface area contributed by atoms with Gasteiger partial charge in [-0.3, -0.25) is 0 Å². The van der Waals surface area contributed by atoms with Gasteiger partial charge in [0, 0.05) is 16.9 Å². The minimum absolute atomic E-state index is 0.134. The van der Waals surface area contributed by atoms with E-state index in [0.717, 1.165) is 16.1 Å². The lowest BCUT2D eigenvalue weighted by Crippen LogP contribution is -2.31. The largest absolute Gasteiger partial charge is 0.400 e. The summed E-state index contributed by atoms with van der Waals surface area (Å²) >= 11 is 2.19. The zero-order valence-electron chi connectivity index (χ0n) is 14.1. The van der Waals surface area contributed by atoms with Gasteiger partial charge in [0.1, 0.15) is 36.1 Å².